The van der Waals surface area contributed by atoms with Crippen molar-refractivity contribution in [2.24, 2.45) is 0 Å². The lowest BCUT2D eigenvalue weighted by molar-refractivity contribution is -0.147. The molecule has 10 heteroatoms. The summed E-state index contributed by atoms with van der Waals surface area (Å²) in [6.07, 6.45) is 24.4. The number of hydrogen-bond donors (Lipinski definition) is 3. The van der Waals surface area contributed by atoms with Gasteiger partial charge in [0, 0.05) is 19.4 Å². The number of allylic oxidation sites excluding steroid dienone is 4. The normalized spacial score (nSPS) is 14.0. The van der Waals surface area contributed by atoms with Gasteiger partial charge in [-0.05, 0) is 38.5 Å². The van der Waals surface area contributed by atoms with Gasteiger partial charge in [0.15, 0.2) is 0 Å². The number of esters is 1. The molecule has 0 fully saturated rings. The first-order chi connectivity index (χ1) is 19.3. The number of phosphoric ester groups is 1. The summed E-state index contributed by atoms with van der Waals surface area (Å²) in [6.45, 7) is 3.35. The fourth-order valence-electron chi connectivity index (χ4n) is 3.75. The smallest absolute Gasteiger partial charge is 0.463 e. The van der Waals surface area contributed by atoms with Crippen molar-refractivity contribution in [3.05, 3.63) is 24.3 Å². The Morgan fingerprint density at radius 1 is 0.775 bits per heavy atom. The highest BCUT2D eigenvalue weighted by atomic mass is 31.2. The third kappa shape index (κ3) is 28.0. The van der Waals surface area contributed by atoms with Crippen molar-refractivity contribution in [2.75, 3.05) is 26.4 Å². The highest BCUT2D eigenvalue weighted by Gasteiger charge is 2.23. The molecule has 3 N–H and O–H groups in total. The van der Waals surface area contributed by atoms with E-state index < -0.39 is 26.5 Å². The van der Waals surface area contributed by atoms with Crippen LogP contribution in [0.15, 0.2) is 24.3 Å². The fraction of sp³-hybridized carbons (Fsp3) is 0.800. The molecule has 0 aliphatic carbocycles. The number of ether oxygens (including phenoxy) is 1. The maximum atomic E-state index is 11.9. The van der Waals surface area contributed by atoms with E-state index in [0.29, 0.717) is 6.42 Å². The van der Waals surface area contributed by atoms with Crippen LogP contribution in [-0.2, 0) is 27.9 Å². The first kappa shape index (κ1) is 38.5. The average Bonchev–Trinajstić information content (AvgIpc) is 2.93. The average molecular weight is 590 g/mol. The SMILES string of the molecule is CCCC/C=C\C/C=C\CCCCCCCC(=O)NCCOP(=O)(O)OCC(O)COC(=O)CCCCCCC. The van der Waals surface area contributed by atoms with Gasteiger partial charge in [-0.25, -0.2) is 4.57 Å². The quantitative estimate of drug-likeness (QED) is 0.0388. The predicted octanol–water partition coefficient (Wildman–Crippen LogP) is 6.92. The molecule has 0 aromatic heterocycles. The Balaban J connectivity index is 3.67. The van der Waals surface area contributed by atoms with Crippen LogP contribution in [0, 0.1) is 0 Å². The number of rotatable bonds is 28. The van der Waals surface area contributed by atoms with Crippen LogP contribution in [0.5, 0.6) is 0 Å². The summed E-state index contributed by atoms with van der Waals surface area (Å²) in [5, 5.41) is 12.5. The molecule has 9 nitrogen and oxygen atoms in total. The molecule has 0 saturated heterocycles. The van der Waals surface area contributed by atoms with E-state index in [2.05, 4.69) is 43.5 Å². The van der Waals surface area contributed by atoms with Gasteiger partial charge in [-0.3, -0.25) is 18.6 Å². The van der Waals surface area contributed by atoms with E-state index >= 15 is 0 Å². The van der Waals surface area contributed by atoms with Gasteiger partial charge in [0.05, 0.1) is 13.2 Å². The first-order valence-electron chi connectivity index (χ1n) is 15.3. The van der Waals surface area contributed by atoms with E-state index in [-0.39, 0.29) is 32.1 Å². The van der Waals surface area contributed by atoms with E-state index in [1.807, 2.05) is 0 Å². The van der Waals surface area contributed by atoms with Crippen LogP contribution in [0.2, 0.25) is 0 Å². The van der Waals surface area contributed by atoms with Crippen LogP contribution in [0.1, 0.15) is 123 Å². The van der Waals surface area contributed by atoms with Gasteiger partial charge in [-0.1, -0.05) is 95.9 Å². The number of amides is 1. The molecule has 0 rings (SSSR count). The lowest BCUT2D eigenvalue weighted by atomic mass is 10.1. The Bertz CT molecular complexity index is 728. The molecule has 1 amide bonds. The van der Waals surface area contributed by atoms with Crippen molar-refractivity contribution in [3.8, 4) is 0 Å². The summed E-state index contributed by atoms with van der Waals surface area (Å²) in [4.78, 5) is 33.3. The van der Waals surface area contributed by atoms with E-state index in [4.69, 9.17) is 13.8 Å². The minimum absolute atomic E-state index is 0.0747. The molecule has 0 radical (unpaired) electrons. The maximum Gasteiger partial charge on any atom is 0.472 e. The van der Waals surface area contributed by atoms with E-state index in [0.717, 1.165) is 77.0 Å². The number of unbranched alkanes of at least 4 members (excludes halogenated alkanes) is 11. The van der Waals surface area contributed by atoms with Crippen molar-refractivity contribution in [3.63, 3.8) is 0 Å². The fourth-order valence-corrected chi connectivity index (χ4v) is 4.50. The molecule has 0 saturated carbocycles. The number of hydrogen-bond acceptors (Lipinski definition) is 7. The zero-order valence-electron chi connectivity index (χ0n) is 25.0. The van der Waals surface area contributed by atoms with Gasteiger partial charge in [-0.2, -0.15) is 0 Å². The molecule has 0 heterocycles. The van der Waals surface area contributed by atoms with Crippen molar-refractivity contribution in [1.29, 1.82) is 0 Å². The van der Waals surface area contributed by atoms with Crippen LogP contribution >= 0.6 is 7.82 Å². The molecule has 2 atom stereocenters. The van der Waals surface area contributed by atoms with Crippen LogP contribution < -0.4 is 5.32 Å². The summed E-state index contributed by atoms with van der Waals surface area (Å²) in [5.74, 6) is -0.547. The Labute approximate surface area is 242 Å². The lowest BCUT2D eigenvalue weighted by Crippen LogP contribution is -2.27. The highest BCUT2D eigenvalue weighted by molar-refractivity contribution is 7.47. The molecule has 0 spiro atoms. The largest absolute Gasteiger partial charge is 0.472 e. The zero-order chi connectivity index (χ0) is 29.7. The Kier molecular flexibility index (Phi) is 26.6. The molecule has 0 aromatic carbocycles. The molecule has 0 aromatic rings. The summed E-state index contributed by atoms with van der Waals surface area (Å²) in [5.41, 5.74) is 0. The predicted molar refractivity (Wildman–Crippen MR) is 160 cm³/mol. The molecular weight excluding hydrogens is 533 g/mol. The minimum atomic E-state index is -4.39. The number of carbonyl (C=O) groups is 2. The second kappa shape index (κ2) is 27.6. The van der Waals surface area contributed by atoms with Gasteiger partial charge >= 0.3 is 13.8 Å². The van der Waals surface area contributed by atoms with Gasteiger partial charge in [0.25, 0.3) is 0 Å². The van der Waals surface area contributed by atoms with E-state index in [9.17, 15) is 24.2 Å². The third-order valence-corrected chi connectivity index (χ3v) is 7.12. The van der Waals surface area contributed by atoms with Gasteiger partial charge in [0.1, 0.15) is 12.7 Å². The monoisotopic (exact) mass is 589 g/mol. The number of aliphatic hydroxyl groups is 1. The van der Waals surface area contributed by atoms with Gasteiger partial charge in [0.2, 0.25) is 5.91 Å². The lowest BCUT2D eigenvalue weighted by Gasteiger charge is -2.15. The molecule has 0 aliphatic rings. The van der Waals surface area contributed by atoms with E-state index in [1.54, 1.807) is 0 Å². The van der Waals surface area contributed by atoms with Crippen molar-refractivity contribution in [2.45, 2.75) is 129 Å². The second-order valence-corrected chi connectivity index (χ2v) is 11.5. The summed E-state index contributed by atoms with van der Waals surface area (Å²) < 4.78 is 26.4. The third-order valence-electron chi connectivity index (χ3n) is 6.13. The van der Waals surface area contributed by atoms with Crippen LogP contribution in [0.3, 0.4) is 0 Å². The van der Waals surface area contributed by atoms with Crippen LogP contribution in [-0.4, -0.2) is 54.3 Å². The summed E-state index contributed by atoms with van der Waals surface area (Å²) in [6, 6.07) is 0. The molecule has 234 valence electrons. The zero-order valence-corrected chi connectivity index (χ0v) is 25.9. The second-order valence-electron chi connectivity index (χ2n) is 10.1. The van der Waals surface area contributed by atoms with Gasteiger partial charge in [-0.15, -0.1) is 0 Å². The van der Waals surface area contributed by atoms with Crippen molar-refractivity contribution >= 4 is 19.7 Å². The highest BCUT2D eigenvalue weighted by Crippen LogP contribution is 2.42. The van der Waals surface area contributed by atoms with Crippen LogP contribution in [0.4, 0.5) is 0 Å². The molecule has 2 unspecified atom stereocenters. The molecule has 0 aliphatic heterocycles. The van der Waals surface area contributed by atoms with E-state index in [1.165, 1.54) is 19.3 Å². The Hall–Kier alpha value is -1.51. The molecule has 0 bridgehead atoms. The van der Waals surface area contributed by atoms with Crippen molar-refractivity contribution < 1.29 is 37.9 Å². The van der Waals surface area contributed by atoms with Crippen molar-refractivity contribution in [1.82, 2.24) is 5.32 Å². The van der Waals surface area contributed by atoms with Gasteiger partial charge < -0.3 is 20.1 Å². The number of carbonyl (C=O) groups excluding carboxylic acids is 2. The minimum Gasteiger partial charge on any atom is -0.463 e. The standard InChI is InChI=1S/C30H56NO8P/c1-3-5-7-9-10-11-12-13-14-15-16-17-19-20-22-29(33)31-24-25-38-40(35,36)39-27-28(32)26-37-30(34)23-21-18-8-6-4-2/h9-10,12-13,28,32H,3-8,11,14-27H2,1-2H3,(H,31,33)(H,35,36)/b10-9-,13-12-. The Morgan fingerprint density at radius 3 is 2.08 bits per heavy atom. The number of nitrogens with one attached hydrogen (secondary N) is 1. The summed E-state index contributed by atoms with van der Waals surface area (Å²) >= 11 is 0. The molecular formula is C30H56NO8P. The Morgan fingerprint density at radius 2 is 1.38 bits per heavy atom. The number of phosphoric acid groups is 1. The molecule has 40 heavy (non-hydrogen) atoms. The maximum absolute atomic E-state index is 11.9. The summed E-state index contributed by atoms with van der Waals surface area (Å²) in [7, 11) is -4.39. The first-order valence-corrected chi connectivity index (χ1v) is 16.8. The number of aliphatic hydroxyl groups excluding tert-OH is 1. The van der Waals surface area contributed by atoms with Crippen LogP contribution in [0.25, 0.3) is 0 Å². The topological polar surface area (TPSA) is 131 Å².